The van der Waals surface area contributed by atoms with E-state index in [1.54, 1.807) is 0 Å². The van der Waals surface area contributed by atoms with E-state index < -0.39 is 0 Å². The highest BCUT2D eigenvalue weighted by molar-refractivity contribution is 5.71. The molecular formula is C9H16O2. The van der Waals surface area contributed by atoms with Gasteiger partial charge in [0.1, 0.15) is 6.10 Å². The first-order valence-electron chi connectivity index (χ1n) is 4.47. The summed E-state index contributed by atoms with van der Waals surface area (Å²) in [5, 5.41) is 0. The van der Waals surface area contributed by atoms with Gasteiger partial charge in [-0.3, -0.25) is 4.79 Å². The first-order valence-corrected chi connectivity index (χ1v) is 4.47. The lowest BCUT2D eigenvalue weighted by molar-refractivity contribution is -0.143. The second-order valence-electron chi connectivity index (χ2n) is 3.14. The highest BCUT2D eigenvalue weighted by Gasteiger charge is 2.28. The number of cyclic esters (lactones) is 1. The first-order chi connectivity index (χ1) is 5.27. The fourth-order valence-corrected chi connectivity index (χ4v) is 1.69. The van der Waals surface area contributed by atoms with Crippen LogP contribution in [0.25, 0.3) is 0 Å². The summed E-state index contributed by atoms with van der Waals surface area (Å²) >= 11 is 0. The molecule has 1 unspecified atom stereocenters. The van der Waals surface area contributed by atoms with Crippen molar-refractivity contribution in [3.8, 4) is 0 Å². The Morgan fingerprint density at radius 3 is 2.55 bits per heavy atom. The molecule has 64 valence electrons. The second-order valence-corrected chi connectivity index (χ2v) is 3.14. The summed E-state index contributed by atoms with van der Waals surface area (Å²) in [6, 6.07) is 0. The van der Waals surface area contributed by atoms with Crippen LogP contribution in [0, 0.1) is 5.92 Å². The molecule has 1 rings (SSSR count). The summed E-state index contributed by atoms with van der Waals surface area (Å²) in [7, 11) is 0. The predicted octanol–water partition coefficient (Wildman–Crippen LogP) is 2.13. The molecule has 1 saturated heterocycles. The average Bonchev–Trinajstić information content (AvgIpc) is 2.39. The van der Waals surface area contributed by atoms with Gasteiger partial charge in [-0.2, -0.15) is 0 Å². The molecule has 1 atom stereocenters. The van der Waals surface area contributed by atoms with Gasteiger partial charge in [0.05, 0.1) is 0 Å². The van der Waals surface area contributed by atoms with E-state index in [9.17, 15) is 4.79 Å². The van der Waals surface area contributed by atoms with E-state index in [1.165, 1.54) is 0 Å². The highest BCUT2D eigenvalue weighted by Crippen LogP contribution is 2.25. The van der Waals surface area contributed by atoms with Crippen LogP contribution in [0.1, 0.15) is 39.5 Å². The Morgan fingerprint density at radius 1 is 1.55 bits per heavy atom. The molecule has 1 aliphatic heterocycles. The maximum atomic E-state index is 10.8. The average molecular weight is 156 g/mol. The minimum absolute atomic E-state index is 0.0121. The van der Waals surface area contributed by atoms with Crippen molar-refractivity contribution in [2.24, 2.45) is 5.92 Å². The summed E-state index contributed by atoms with van der Waals surface area (Å²) in [5.74, 6) is 0.573. The second kappa shape index (κ2) is 3.74. The number of hydrogen-bond acceptors (Lipinski definition) is 2. The zero-order valence-corrected chi connectivity index (χ0v) is 7.30. The minimum atomic E-state index is -0.0121. The number of carbonyl (C=O) groups excluding carboxylic acids is 1. The van der Waals surface area contributed by atoms with Crippen LogP contribution in [0.4, 0.5) is 0 Å². The Hall–Kier alpha value is -0.530. The number of esters is 1. The predicted molar refractivity (Wildman–Crippen MR) is 43.2 cm³/mol. The van der Waals surface area contributed by atoms with Crippen molar-refractivity contribution < 1.29 is 9.53 Å². The van der Waals surface area contributed by atoms with Crippen LogP contribution in [-0.2, 0) is 9.53 Å². The molecular weight excluding hydrogens is 140 g/mol. The molecule has 1 aliphatic rings. The van der Waals surface area contributed by atoms with Crippen LogP contribution < -0.4 is 0 Å². The van der Waals surface area contributed by atoms with Gasteiger partial charge in [0.2, 0.25) is 0 Å². The lowest BCUT2D eigenvalue weighted by Gasteiger charge is -2.18. The Labute approximate surface area is 67.9 Å². The van der Waals surface area contributed by atoms with Crippen molar-refractivity contribution in [3.05, 3.63) is 0 Å². The van der Waals surface area contributed by atoms with Crippen molar-refractivity contribution in [1.29, 1.82) is 0 Å². The van der Waals surface area contributed by atoms with Crippen molar-refractivity contribution in [1.82, 2.24) is 0 Å². The number of ether oxygens (including phenoxy) is 1. The fourth-order valence-electron chi connectivity index (χ4n) is 1.69. The largest absolute Gasteiger partial charge is 0.462 e. The summed E-state index contributed by atoms with van der Waals surface area (Å²) in [4.78, 5) is 10.8. The standard InChI is InChI=1S/C9H16O2/c1-3-7(4-2)8-5-6-9(10)11-8/h7-8H,3-6H2,1-2H3. The van der Waals surface area contributed by atoms with Crippen molar-refractivity contribution in [2.45, 2.75) is 45.6 Å². The van der Waals surface area contributed by atoms with Gasteiger partial charge < -0.3 is 4.74 Å². The monoisotopic (exact) mass is 156 g/mol. The third-order valence-corrected chi connectivity index (χ3v) is 2.49. The molecule has 0 spiro atoms. The molecule has 1 fully saturated rings. The molecule has 0 amide bonds. The maximum absolute atomic E-state index is 10.8. The van der Waals surface area contributed by atoms with Crippen LogP contribution in [0.5, 0.6) is 0 Å². The molecule has 11 heavy (non-hydrogen) atoms. The Balaban J connectivity index is 2.40. The first kappa shape index (κ1) is 8.57. The van der Waals surface area contributed by atoms with Crippen molar-refractivity contribution >= 4 is 5.97 Å². The van der Waals surface area contributed by atoms with E-state index in [1.807, 2.05) is 0 Å². The van der Waals surface area contributed by atoms with Gasteiger partial charge in [-0.25, -0.2) is 0 Å². The van der Waals surface area contributed by atoms with E-state index in [0.717, 1.165) is 19.3 Å². The molecule has 2 heteroatoms. The summed E-state index contributed by atoms with van der Waals surface area (Å²) < 4.78 is 5.17. The molecule has 0 aromatic rings. The van der Waals surface area contributed by atoms with Gasteiger partial charge in [-0.05, 0) is 25.2 Å². The van der Waals surface area contributed by atoms with Crippen LogP contribution in [0.2, 0.25) is 0 Å². The fraction of sp³-hybridized carbons (Fsp3) is 0.889. The molecule has 1 heterocycles. The van der Waals surface area contributed by atoms with Crippen molar-refractivity contribution in [2.75, 3.05) is 0 Å². The molecule has 0 N–H and O–H groups in total. The SMILES string of the molecule is CCC(CC)C1CCC(=O)O1. The number of carbonyl (C=O) groups is 1. The van der Waals surface area contributed by atoms with E-state index in [2.05, 4.69) is 13.8 Å². The molecule has 0 bridgehead atoms. The van der Waals surface area contributed by atoms with E-state index >= 15 is 0 Å². The highest BCUT2D eigenvalue weighted by atomic mass is 16.5. The molecule has 0 aromatic carbocycles. The summed E-state index contributed by atoms with van der Waals surface area (Å²) in [5.41, 5.74) is 0. The quantitative estimate of drug-likeness (QED) is 0.585. The third kappa shape index (κ3) is 1.95. The van der Waals surface area contributed by atoms with Crippen molar-refractivity contribution in [3.63, 3.8) is 0 Å². The van der Waals surface area contributed by atoms with Crippen LogP contribution in [0.3, 0.4) is 0 Å². The number of rotatable bonds is 3. The molecule has 0 radical (unpaired) electrons. The zero-order valence-electron chi connectivity index (χ0n) is 7.30. The molecule has 0 saturated carbocycles. The molecule has 2 nitrogen and oxygen atoms in total. The Bertz CT molecular complexity index is 138. The van der Waals surface area contributed by atoms with E-state index in [-0.39, 0.29) is 12.1 Å². The minimum Gasteiger partial charge on any atom is -0.462 e. The van der Waals surface area contributed by atoms with E-state index in [0.29, 0.717) is 12.3 Å². The van der Waals surface area contributed by atoms with Gasteiger partial charge in [-0.1, -0.05) is 13.8 Å². The number of hydrogen-bond donors (Lipinski definition) is 0. The zero-order chi connectivity index (χ0) is 8.27. The maximum Gasteiger partial charge on any atom is 0.306 e. The van der Waals surface area contributed by atoms with Gasteiger partial charge in [-0.15, -0.1) is 0 Å². The van der Waals surface area contributed by atoms with Gasteiger partial charge in [0, 0.05) is 6.42 Å². The third-order valence-electron chi connectivity index (χ3n) is 2.49. The van der Waals surface area contributed by atoms with Crippen LogP contribution >= 0.6 is 0 Å². The van der Waals surface area contributed by atoms with Gasteiger partial charge in [0.15, 0.2) is 0 Å². The van der Waals surface area contributed by atoms with Gasteiger partial charge >= 0.3 is 5.97 Å². The van der Waals surface area contributed by atoms with E-state index in [4.69, 9.17) is 4.74 Å². The van der Waals surface area contributed by atoms with Gasteiger partial charge in [0.25, 0.3) is 0 Å². The summed E-state index contributed by atoms with van der Waals surface area (Å²) in [6.45, 7) is 4.31. The van der Waals surface area contributed by atoms with Crippen LogP contribution in [0.15, 0.2) is 0 Å². The Morgan fingerprint density at radius 2 is 2.18 bits per heavy atom. The smallest absolute Gasteiger partial charge is 0.306 e. The lowest BCUT2D eigenvalue weighted by atomic mass is 9.95. The van der Waals surface area contributed by atoms with Crippen LogP contribution in [-0.4, -0.2) is 12.1 Å². The topological polar surface area (TPSA) is 26.3 Å². The normalized spacial score (nSPS) is 24.3. The Kier molecular flexibility index (Phi) is 2.92. The lowest BCUT2D eigenvalue weighted by Crippen LogP contribution is -2.18. The molecule has 0 aromatic heterocycles. The molecule has 0 aliphatic carbocycles. The summed E-state index contributed by atoms with van der Waals surface area (Å²) in [6.07, 6.45) is 4.02.